The van der Waals surface area contributed by atoms with Gasteiger partial charge in [-0.15, -0.1) is 11.8 Å². The normalized spacial score (nSPS) is 15.3. The zero-order chi connectivity index (χ0) is 20.0. The first-order valence-electron chi connectivity index (χ1n) is 9.49. The highest BCUT2D eigenvalue weighted by Crippen LogP contribution is 2.26. The van der Waals surface area contributed by atoms with Crippen molar-refractivity contribution in [3.05, 3.63) is 59.7 Å². The fraction of sp³-hybridized carbons (Fsp3) is 0.381. The van der Waals surface area contributed by atoms with Gasteiger partial charge in [0.1, 0.15) is 0 Å². The summed E-state index contributed by atoms with van der Waals surface area (Å²) in [6.07, 6.45) is 2.86. The Morgan fingerprint density at radius 1 is 1.07 bits per heavy atom. The summed E-state index contributed by atoms with van der Waals surface area (Å²) < 4.78 is 27.5. The fourth-order valence-electron chi connectivity index (χ4n) is 3.23. The molecule has 5 nitrogen and oxygen atoms in total. The highest BCUT2D eigenvalue weighted by Gasteiger charge is 2.27. The number of benzene rings is 2. The predicted molar refractivity (Wildman–Crippen MR) is 115 cm³/mol. The van der Waals surface area contributed by atoms with E-state index in [9.17, 15) is 13.2 Å². The van der Waals surface area contributed by atoms with Gasteiger partial charge in [-0.25, -0.2) is 8.42 Å². The summed E-state index contributed by atoms with van der Waals surface area (Å²) in [6, 6.07) is 15.1. The second-order valence-electron chi connectivity index (χ2n) is 6.97. The maximum absolute atomic E-state index is 13.0. The number of rotatable bonds is 7. The molecule has 150 valence electrons. The van der Waals surface area contributed by atoms with Gasteiger partial charge >= 0.3 is 0 Å². The molecule has 1 fully saturated rings. The molecule has 0 saturated carbocycles. The summed E-state index contributed by atoms with van der Waals surface area (Å²) in [5, 5.41) is 2.83. The van der Waals surface area contributed by atoms with Crippen LogP contribution in [0.4, 0.5) is 5.69 Å². The third-order valence-electron chi connectivity index (χ3n) is 4.75. The number of thioether (sulfide) groups is 1. The smallest absolute Gasteiger partial charge is 0.243 e. The van der Waals surface area contributed by atoms with Gasteiger partial charge in [0, 0.05) is 24.5 Å². The Hall–Kier alpha value is -1.83. The van der Waals surface area contributed by atoms with E-state index in [2.05, 4.69) is 5.32 Å². The van der Waals surface area contributed by atoms with Crippen LogP contribution in [0.2, 0.25) is 0 Å². The number of amides is 1. The molecule has 1 saturated heterocycles. The average molecular weight is 419 g/mol. The predicted octanol–water partition coefficient (Wildman–Crippen LogP) is 4.04. The maximum Gasteiger partial charge on any atom is 0.243 e. The first-order chi connectivity index (χ1) is 13.5. The quantitative estimate of drug-likeness (QED) is 0.737. The molecule has 1 N–H and O–H groups in total. The number of aryl methyl sites for hydroxylation is 1. The number of hydrogen-bond acceptors (Lipinski definition) is 4. The number of carbonyl (C=O) groups excluding carboxylic acids is 1. The minimum atomic E-state index is -3.53. The minimum absolute atomic E-state index is 0.133. The molecule has 0 unspecified atom stereocenters. The van der Waals surface area contributed by atoms with Crippen LogP contribution in [0.1, 0.15) is 30.4 Å². The van der Waals surface area contributed by atoms with Crippen LogP contribution in [0.5, 0.6) is 0 Å². The molecule has 28 heavy (non-hydrogen) atoms. The number of sulfonamides is 1. The van der Waals surface area contributed by atoms with E-state index in [-0.39, 0.29) is 10.8 Å². The van der Waals surface area contributed by atoms with Crippen LogP contribution in [-0.4, -0.2) is 37.5 Å². The van der Waals surface area contributed by atoms with E-state index < -0.39 is 10.0 Å². The van der Waals surface area contributed by atoms with Crippen LogP contribution < -0.4 is 5.32 Å². The Morgan fingerprint density at radius 3 is 2.50 bits per heavy atom. The van der Waals surface area contributed by atoms with Gasteiger partial charge < -0.3 is 5.32 Å². The van der Waals surface area contributed by atoms with Gasteiger partial charge in [-0.1, -0.05) is 42.8 Å². The van der Waals surface area contributed by atoms with Gasteiger partial charge in [0.2, 0.25) is 15.9 Å². The molecule has 1 heterocycles. The number of piperidine rings is 1. The molecule has 0 aromatic heterocycles. The van der Waals surface area contributed by atoms with Gasteiger partial charge in [-0.05, 0) is 43.0 Å². The monoisotopic (exact) mass is 418 g/mol. The van der Waals surface area contributed by atoms with E-state index in [1.54, 1.807) is 29.4 Å². The zero-order valence-electron chi connectivity index (χ0n) is 16.1. The lowest BCUT2D eigenvalue weighted by molar-refractivity contribution is -0.113. The third-order valence-corrected chi connectivity index (χ3v) is 7.79. The van der Waals surface area contributed by atoms with Gasteiger partial charge in [-0.2, -0.15) is 4.31 Å². The van der Waals surface area contributed by atoms with Gasteiger partial charge in [0.05, 0.1) is 10.6 Å². The molecule has 0 atom stereocenters. The standard InChI is InChI=1S/C21H26N2O3S2/c1-17-10-11-19(14-20(17)28(25,26)23-12-6-3-7-13-23)22-21(24)16-27-15-18-8-4-2-5-9-18/h2,4-5,8-11,14H,3,6-7,12-13,15-16H2,1H3,(H,22,24). The molecule has 1 amide bonds. The molecular formula is C21H26N2O3S2. The second-order valence-corrected chi connectivity index (χ2v) is 9.86. The largest absolute Gasteiger partial charge is 0.325 e. The summed E-state index contributed by atoms with van der Waals surface area (Å²) in [7, 11) is -3.53. The van der Waals surface area contributed by atoms with Crippen molar-refractivity contribution in [2.45, 2.75) is 36.8 Å². The van der Waals surface area contributed by atoms with Crippen molar-refractivity contribution < 1.29 is 13.2 Å². The average Bonchev–Trinajstić information content (AvgIpc) is 2.71. The Labute approximate surface area is 171 Å². The summed E-state index contributed by atoms with van der Waals surface area (Å²) in [4.78, 5) is 12.5. The van der Waals surface area contributed by atoms with Crippen LogP contribution in [0.15, 0.2) is 53.4 Å². The van der Waals surface area contributed by atoms with E-state index >= 15 is 0 Å². The molecular weight excluding hydrogens is 392 g/mol. The SMILES string of the molecule is Cc1ccc(NC(=O)CSCc2ccccc2)cc1S(=O)(=O)N1CCCCC1. The van der Waals surface area contributed by atoms with E-state index in [0.717, 1.165) is 25.0 Å². The summed E-state index contributed by atoms with van der Waals surface area (Å²) in [5.74, 6) is 0.944. The van der Waals surface area contributed by atoms with Gasteiger partial charge in [0.15, 0.2) is 0 Å². The van der Waals surface area contributed by atoms with Crippen LogP contribution >= 0.6 is 11.8 Å². The molecule has 0 bridgehead atoms. The Kier molecular flexibility index (Phi) is 7.15. The van der Waals surface area contributed by atoms with Crippen LogP contribution in [0.3, 0.4) is 0 Å². The molecule has 1 aliphatic heterocycles. The molecule has 1 aliphatic rings. The van der Waals surface area contributed by atoms with Crippen molar-refractivity contribution in [3.63, 3.8) is 0 Å². The number of nitrogens with zero attached hydrogens (tertiary/aromatic N) is 1. The topological polar surface area (TPSA) is 66.5 Å². The first-order valence-corrected chi connectivity index (χ1v) is 12.1. The van der Waals surface area contributed by atoms with Crippen molar-refractivity contribution in [2.75, 3.05) is 24.2 Å². The molecule has 2 aromatic rings. The van der Waals surface area contributed by atoms with Gasteiger partial charge in [-0.3, -0.25) is 4.79 Å². The first kappa shape index (κ1) is 20.9. The van der Waals surface area contributed by atoms with E-state index in [1.165, 1.54) is 17.3 Å². The fourth-order valence-corrected chi connectivity index (χ4v) is 5.79. The Balaban J connectivity index is 1.63. The third kappa shape index (κ3) is 5.37. The minimum Gasteiger partial charge on any atom is -0.325 e. The van der Waals surface area contributed by atoms with Crippen molar-refractivity contribution in [1.82, 2.24) is 4.31 Å². The number of anilines is 1. The lowest BCUT2D eigenvalue weighted by Gasteiger charge is -2.26. The van der Waals surface area contributed by atoms with Crippen LogP contribution in [0.25, 0.3) is 0 Å². The van der Waals surface area contributed by atoms with Crippen molar-refractivity contribution in [3.8, 4) is 0 Å². The van der Waals surface area contributed by atoms with E-state index in [1.807, 2.05) is 30.3 Å². The van der Waals surface area contributed by atoms with E-state index in [4.69, 9.17) is 0 Å². The lowest BCUT2D eigenvalue weighted by Crippen LogP contribution is -2.36. The molecule has 0 radical (unpaired) electrons. The van der Waals surface area contributed by atoms with Crippen LogP contribution in [0, 0.1) is 6.92 Å². The summed E-state index contributed by atoms with van der Waals surface area (Å²) >= 11 is 1.53. The highest BCUT2D eigenvalue weighted by atomic mass is 32.2. The Bertz CT molecular complexity index is 909. The molecule has 3 rings (SSSR count). The van der Waals surface area contributed by atoms with E-state index in [0.29, 0.717) is 30.1 Å². The Morgan fingerprint density at radius 2 is 1.79 bits per heavy atom. The maximum atomic E-state index is 13.0. The molecule has 2 aromatic carbocycles. The van der Waals surface area contributed by atoms with Crippen molar-refractivity contribution >= 4 is 33.4 Å². The number of nitrogens with one attached hydrogen (secondary N) is 1. The van der Waals surface area contributed by atoms with Gasteiger partial charge in [0.25, 0.3) is 0 Å². The zero-order valence-corrected chi connectivity index (χ0v) is 17.7. The second kappa shape index (κ2) is 9.58. The lowest BCUT2D eigenvalue weighted by atomic mass is 10.2. The number of hydrogen-bond donors (Lipinski definition) is 1. The van der Waals surface area contributed by atoms with Crippen molar-refractivity contribution in [1.29, 1.82) is 0 Å². The van der Waals surface area contributed by atoms with Crippen molar-refractivity contribution in [2.24, 2.45) is 0 Å². The van der Waals surface area contributed by atoms with Crippen LogP contribution in [-0.2, 0) is 20.6 Å². The molecule has 0 spiro atoms. The number of carbonyl (C=O) groups is 1. The summed E-state index contributed by atoms with van der Waals surface area (Å²) in [5.41, 5.74) is 2.39. The summed E-state index contributed by atoms with van der Waals surface area (Å²) in [6.45, 7) is 2.92. The molecule has 0 aliphatic carbocycles. The highest BCUT2D eigenvalue weighted by molar-refractivity contribution is 7.99. The molecule has 7 heteroatoms.